The lowest BCUT2D eigenvalue weighted by Gasteiger charge is -2.27. The van der Waals surface area contributed by atoms with E-state index < -0.39 is 0 Å². The van der Waals surface area contributed by atoms with E-state index in [2.05, 4.69) is 174 Å². The van der Waals surface area contributed by atoms with Crippen LogP contribution in [0, 0.1) is 0 Å². The van der Waals surface area contributed by atoms with Gasteiger partial charge >= 0.3 is 0 Å². The summed E-state index contributed by atoms with van der Waals surface area (Å²) < 4.78 is 1.80. The monoisotopic (exact) mass is 616 g/mol. The van der Waals surface area contributed by atoms with E-state index in [1.54, 1.807) is 10.9 Å². The van der Waals surface area contributed by atoms with Crippen molar-refractivity contribution in [2.24, 2.45) is 0 Å². The Morgan fingerprint density at radius 1 is 0.375 bits per heavy atom. The molecule has 0 fully saturated rings. The predicted octanol–water partition coefficient (Wildman–Crippen LogP) is 11.4. The first-order valence-corrected chi connectivity index (χ1v) is 16.1. The van der Waals surface area contributed by atoms with Crippen molar-refractivity contribution in [1.29, 1.82) is 0 Å². The van der Waals surface area contributed by atoms with Gasteiger partial charge in [0.2, 0.25) is 0 Å². The van der Waals surface area contributed by atoms with Gasteiger partial charge in [-0.2, -0.15) is 5.10 Å². The first kappa shape index (κ1) is 28.9. The maximum atomic E-state index is 5.20. The Hall–Kier alpha value is -6.52. The highest BCUT2D eigenvalue weighted by Crippen LogP contribution is 2.42. The van der Waals surface area contributed by atoms with Crippen molar-refractivity contribution in [1.82, 2.24) is 14.8 Å². The molecular weight excluding hydrogens is 585 g/mol. The Morgan fingerprint density at radius 2 is 0.792 bits per heavy atom. The molecule has 4 heteroatoms. The lowest BCUT2D eigenvalue weighted by Crippen LogP contribution is -2.13. The maximum Gasteiger partial charge on any atom is 0.155 e. The summed E-state index contributed by atoms with van der Waals surface area (Å²) in [6.07, 6.45) is 3.70. The molecule has 0 N–H and O–H groups in total. The van der Waals surface area contributed by atoms with Gasteiger partial charge in [-0.1, -0.05) is 127 Å². The van der Waals surface area contributed by atoms with Gasteiger partial charge in [0, 0.05) is 23.8 Å². The number of benzene rings is 6. The van der Waals surface area contributed by atoms with Crippen LogP contribution in [0.1, 0.15) is 0 Å². The van der Waals surface area contributed by atoms with Crippen molar-refractivity contribution >= 4 is 17.2 Å². The number of hydrogen-bond acceptors (Lipinski definition) is 3. The van der Waals surface area contributed by atoms with Gasteiger partial charge in [-0.3, -0.25) is 4.90 Å². The first-order chi connectivity index (χ1) is 23.8. The lowest BCUT2D eigenvalue weighted by molar-refractivity contribution is 0.846. The van der Waals surface area contributed by atoms with E-state index in [4.69, 9.17) is 4.98 Å². The molecule has 6 aromatic carbocycles. The van der Waals surface area contributed by atoms with Gasteiger partial charge in [0.15, 0.2) is 5.82 Å². The third-order valence-electron chi connectivity index (χ3n) is 8.47. The van der Waals surface area contributed by atoms with Gasteiger partial charge in [-0.05, 0) is 99.1 Å². The summed E-state index contributed by atoms with van der Waals surface area (Å²) in [6.45, 7) is 0. The predicted molar refractivity (Wildman–Crippen MR) is 198 cm³/mol. The summed E-state index contributed by atoms with van der Waals surface area (Å²) in [6, 6.07) is 63.9. The molecular formula is C44H32N4. The second-order valence-corrected chi connectivity index (χ2v) is 11.6. The van der Waals surface area contributed by atoms with Crippen LogP contribution < -0.4 is 4.90 Å². The average molecular weight is 617 g/mol. The standard InChI is InChI=1S/C44H32N4/c1-5-15-33(16-6-1)37-27-38(34-17-7-2-8-18-34)30-41(29-37)48(44-24-13-23-43(46-44)47-26-14-25-45-47)42-31-39(35-19-9-3-10-20-35)28-40(32-42)36-21-11-4-12-22-36/h1-32H. The zero-order valence-corrected chi connectivity index (χ0v) is 26.3. The highest BCUT2D eigenvalue weighted by molar-refractivity contribution is 5.87. The molecule has 8 rings (SSSR count). The van der Waals surface area contributed by atoms with Gasteiger partial charge in [0.25, 0.3) is 0 Å². The van der Waals surface area contributed by atoms with Crippen molar-refractivity contribution in [2.75, 3.05) is 4.90 Å². The van der Waals surface area contributed by atoms with Gasteiger partial charge in [-0.25, -0.2) is 9.67 Å². The number of nitrogens with zero attached hydrogens (tertiary/aromatic N) is 4. The Kier molecular flexibility index (Phi) is 7.87. The quantitative estimate of drug-likeness (QED) is 0.170. The molecule has 0 saturated carbocycles. The van der Waals surface area contributed by atoms with Gasteiger partial charge in [0.1, 0.15) is 5.82 Å². The van der Waals surface area contributed by atoms with Crippen LogP contribution in [0.25, 0.3) is 50.3 Å². The first-order valence-electron chi connectivity index (χ1n) is 16.1. The Bertz CT molecular complexity index is 2020. The zero-order chi connectivity index (χ0) is 32.1. The van der Waals surface area contributed by atoms with E-state index in [1.165, 1.54) is 0 Å². The van der Waals surface area contributed by atoms with Gasteiger partial charge < -0.3 is 0 Å². The minimum absolute atomic E-state index is 0.743. The molecule has 4 nitrogen and oxygen atoms in total. The van der Waals surface area contributed by atoms with Crippen LogP contribution in [0.5, 0.6) is 0 Å². The van der Waals surface area contributed by atoms with Crippen molar-refractivity contribution in [3.8, 4) is 50.3 Å². The van der Waals surface area contributed by atoms with Gasteiger partial charge in [-0.15, -0.1) is 0 Å². The zero-order valence-electron chi connectivity index (χ0n) is 26.3. The van der Waals surface area contributed by atoms with E-state index in [0.717, 1.165) is 67.5 Å². The molecule has 2 heterocycles. The molecule has 0 aliphatic rings. The topological polar surface area (TPSA) is 34.0 Å². The molecule has 48 heavy (non-hydrogen) atoms. The van der Waals surface area contributed by atoms with Crippen molar-refractivity contribution in [3.05, 3.63) is 194 Å². The van der Waals surface area contributed by atoms with Crippen LogP contribution >= 0.6 is 0 Å². The van der Waals surface area contributed by atoms with E-state index >= 15 is 0 Å². The van der Waals surface area contributed by atoms with Crippen LogP contribution in [0.4, 0.5) is 17.2 Å². The molecule has 0 atom stereocenters. The fourth-order valence-corrected chi connectivity index (χ4v) is 6.15. The molecule has 0 aliphatic carbocycles. The largest absolute Gasteiger partial charge is 0.295 e. The summed E-state index contributed by atoms with van der Waals surface area (Å²) in [4.78, 5) is 7.47. The van der Waals surface area contributed by atoms with Crippen LogP contribution in [0.15, 0.2) is 194 Å². The highest BCUT2D eigenvalue weighted by Gasteiger charge is 2.20. The number of aromatic nitrogens is 3. The van der Waals surface area contributed by atoms with Crippen LogP contribution in [-0.4, -0.2) is 14.8 Å². The number of pyridine rings is 1. The van der Waals surface area contributed by atoms with Crippen molar-refractivity contribution in [3.63, 3.8) is 0 Å². The number of rotatable bonds is 8. The third-order valence-corrected chi connectivity index (χ3v) is 8.47. The number of anilines is 3. The second kappa shape index (κ2) is 13.1. The third kappa shape index (κ3) is 6.03. The van der Waals surface area contributed by atoms with Crippen LogP contribution in [0.2, 0.25) is 0 Å². The molecule has 0 spiro atoms. The highest BCUT2D eigenvalue weighted by atomic mass is 15.3. The molecule has 8 aromatic rings. The summed E-state index contributed by atoms with van der Waals surface area (Å²) in [7, 11) is 0. The molecule has 0 radical (unpaired) electrons. The summed E-state index contributed by atoms with van der Waals surface area (Å²) in [5, 5.41) is 4.48. The molecule has 2 aromatic heterocycles. The van der Waals surface area contributed by atoms with Crippen LogP contribution in [-0.2, 0) is 0 Å². The second-order valence-electron chi connectivity index (χ2n) is 11.6. The summed E-state index contributed by atoms with van der Waals surface area (Å²) >= 11 is 0. The van der Waals surface area contributed by atoms with E-state index in [9.17, 15) is 0 Å². The summed E-state index contributed by atoms with van der Waals surface area (Å²) in [5.74, 6) is 1.53. The smallest absolute Gasteiger partial charge is 0.155 e. The normalized spacial score (nSPS) is 10.9. The number of hydrogen-bond donors (Lipinski definition) is 0. The van der Waals surface area contributed by atoms with E-state index in [0.29, 0.717) is 0 Å². The van der Waals surface area contributed by atoms with Crippen molar-refractivity contribution in [2.45, 2.75) is 0 Å². The minimum atomic E-state index is 0.743. The fraction of sp³-hybridized carbons (Fsp3) is 0. The Balaban J connectivity index is 1.41. The Morgan fingerprint density at radius 3 is 1.17 bits per heavy atom. The average Bonchev–Trinajstić information content (AvgIpc) is 3.72. The molecule has 228 valence electrons. The molecule has 0 aliphatic heterocycles. The van der Waals surface area contributed by atoms with Gasteiger partial charge in [0.05, 0.1) is 0 Å². The molecule has 0 amide bonds. The molecule has 0 saturated heterocycles. The summed E-state index contributed by atoms with van der Waals surface area (Å²) in [5.41, 5.74) is 11.1. The maximum absolute atomic E-state index is 5.20. The van der Waals surface area contributed by atoms with E-state index in [-0.39, 0.29) is 0 Å². The SMILES string of the molecule is c1ccc(-c2cc(-c3ccccc3)cc(N(c3cc(-c4ccccc4)cc(-c4ccccc4)c3)c3cccc(-n4cccn4)n3)c2)cc1. The Labute approximate surface area is 280 Å². The minimum Gasteiger partial charge on any atom is -0.295 e. The van der Waals surface area contributed by atoms with Crippen LogP contribution in [0.3, 0.4) is 0 Å². The molecule has 0 bridgehead atoms. The fourth-order valence-electron chi connectivity index (χ4n) is 6.15. The van der Waals surface area contributed by atoms with Crippen molar-refractivity contribution < 1.29 is 0 Å². The lowest BCUT2D eigenvalue weighted by atomic mass is 9.96. The van der Waals surface area contributed by atoms with E-state index in [1.807, 2.05) is 24.4 Å². The molecule has 0 unspecified atom stereocenters.